The summed E-state index contributed by atoms with van der Waals surface area (Å²) in [4.78, 5) is 14.3. The number of nitrogens with one attached hydrogen (secondary N) is 1. The van der Waals surface area contributed by atoms with E-state index in [1.807, 2.05) is 6.07 Å². The Morgan fingerprint density at radius 1 is 1.17 bits per heavy atom. The molecule has 0 saturated carbocycles. The lowest BCUT2D eigenvalue weighted by atomic mass is 10.1. The van der Waals surface area contributed by atoms with Gasteiger partial charge in [0.1, 0.15) is 0 Å². The third-order valence-corrected chi connectivity index (χ3v) is 6.18. The Hall–Kier alpha value is -1.59. The summed E-state index contributed by atoms with van der Waals surface area (Å²) in [6.45, 7) is 11.0. The number of piperazine rings is 1. The maximum Gasteiger partial charge on any atom is 0.231 e. The van der Waals surface area contributed by atoms with Crippen LogP contribution in [0, 0.1) is 0 Å². The molecule has 0 atom stereocenters. The predicted octanol–water partition coefficient (Wildman–Crippen LogP) is 3.34. The number of hydrogen-bond donors (Lipinski definition) is 1. The van der Waals surface area contributed by atoms with Gasteiger partial charge in [0.25, 0.3) is 0 Å². The van der Waals surface area contributed by atoms with Crippen LogP contribution in [0.4, 0.5) is 0 Å². The van der Waals surface area contributed by atoms with Crippen molar-refractivity contribution < 1.29 is 9.47 Å². The van der Waals surface area contributed by atoms with E-state index in [4.69, 9.17) is 14.5 Å². The fraction of sp³-hybridized carbons (Fsp3) is 0.524. The quantitative estimate of drug-likeness (QED) is 0.343. The first-order valence-corrected chi connectivity index (χ1v) is 11.2. The Balaban J connectivity index is 0.00000256. The van der Waals surface area contributed by atoms with E-state index in [1.54, 1.807) is 11.3 Å². The van der Waals surface area contributed by atoms with Crippen LogP contribution in [0.2, 0.25) is 0 Å². The highest BCUT2D eigenvalue weighted by Gasteiger charge is 2.21. The molecule has 1 aromatic heterocycles. The molecular weight excluding hydrogens is 513 g/mol. The third kappa shape index (κ3) is 5.76. The van der Waals surface area contributed by atoms with Gasteiger partial charge in [-0.15, -0.1) is 35.3 Å². The van der Waals surface area contributed by atoms with Crippen molar-refractivity contribution in [2.24, 2.45) is 4.99 Å². The first-order valence-electron chi connectivity index (χ1n) is 10.3. The number of thiazole rings is 1. The number of halogens is 1. The molecule has 164 valence electrons. The van der Waals surface area contributed by atoms with Crippen LogP contribution in [0.25, 0.3) is 0 Å². The molecule has 0 unspecified atom stereocenters. The van der Waals surface area contributed by atoms with Crippen LogP contribution in [-0.2, 0) is 19.5 Å². The van der Waals surface area contributed by atoms with Crippen molar-refractivity contribution >= 4 is 41.3 Å². The molecule has 0 spiro atoms. The monoisotopic (exact) mass is 543 g/mol. The van der Waals surface area contributed by atoms with Crippen LogP contribution in [0.3, 0.4) is 0 Å². The molecule has 2 aromatic rings. The Morgan fingerprint density at radius 2 is 1.97 bits per heavy atom. The second-order valence-electron chi connectivity index (χ2n) is 7.21. The van der Waals surface area contributed by atoms with Gasteiger partial charge in [-0.3, -0.25) is 4.90 Å². The van der Waals surface area contributed by atoms with Crippen molar-refractivity contribution in [3.8, 4) is 11.5 Å². The van der Waals surface area contributed by atoms with E-state index in [2.05, 4.69) is 51.5 Å². The van der Waals surface area contributed by atoms with E-state index in [9.17, 15) is 0 Å². The minimum absolute atomic E-state index is 0. The Kier molecular flexibility index (Phi) is 8.58. The summed E-state index contributed by atoms with van der Waals surface area (Å²) in [6, 6.07) is 6.23. The Labute approximate surface area is 199 Å². The van der Waals surface area contributed by atoms with Gasteiger partial charge in [0.2, 0.25) is 6.79 Å². The van der Waals surface area contributed by atoms with Crippen LogP contribution in [0.1, 0.15) is 30.1 Å². The normalized spacial score (nSPS) is 16.5. The van der Waals surface area contributed by atoms with Crippen molar-refractivity contribution in [2.45, 2.75) is 33.4 Å². The van der Waals surface area contributed by atoms with Gasteiger partial charge >= 0.3 is 0 Å². The first-order chi connectivity index (χ1) is 14.2. The number of aromatic nitrogens is 1. The van der Waals surface area contributed by atoms with Crippen molar-refractivity contribution in [1.29, 1.82) is 0 Å². The Bertz CT molecular complexity index is 852. The average Bonchev–Trinajstić information content (AvgIpc) is 3.40. The van der Waals surface area contributed by atoms with Crippen LogP contribution < -0.4 is 14.8 Å². The lowest BCUT2D eigenvalue weighted by molar-refractivity contribution is 0.171. The highest BCUT2D eigenvalue weighted by atomic mass is 127. The maximum atomic E-state index is 5.50. The molecule has 2 aliphatic heterocycles. The van der Waals surface area contributed by atoms with Gasteiger partial charge < -0.3 is 19.7 Å². The largest absolute Gasteiger partial charge is 0.454 e. The van der Waals surface area contributed by atoms with Gasteiger partial charge in [-0.2, -0.15) is 0 Å². The standard InChI is InChI=1S/C21H29N5O2S.HI/c1-3-20-24-17(14-29-20)12-23-21(22-4-2)26-9-7-25(8-10-26)13-16-5-6-18-19(11-16)28-15-27-18;/h5-6,11,14H,3-4,7-10,12-13,15H2,1-2H3,(H,22,23);1H. The summed E-state index contributed by atoms with van der Waals surface area (Å²) in [7, 11) is 0. The van der Waals surface area contributed by atoms with Gasteiger partial charge in [-0.25, -0.2) is 9.98 Å². The molecular formula is C21H30IN5O2S. The van der Waals surface area contributed by atoms with Crippen molar-refractivity contribution in [2.75, 3.05) is 39.5 Å². The zero-order valence-electron chi connectivity index (χ0n) is 17.6. The number of aliphatic imine (C=N–C) groups is 1. The van der Waals surface area contributed by atoms with E-state index >= 15 is 0 Å². The molecule has 30 heavy (non-hydrogen) atoms. The molecule has 1 fully saturated rings. The minimum Gasteiger partial charge on any atom is -0.454 e. The zero-order chi connectivity index (χ0) is 20.1. The highest BCUT2D eigenvalue weighted by Crippen LogP contribution is 2.32. The average molecular weight is 543 g/mol. The molecule has 0 bridgehead atoms. The smallest absolute Gasteiger partial charge is 0.231 e. The zero-order valence-corrected chi connectivity index (χ0v) is 20.7. The molecule has 0 aliphatic carbocycles. The summed E-state index contributed by atoms with van der Waals surface area (Å²) in [5, 5.41) is 6.74. The molecule has 0 radical (unpaired) electrons. The number of rotatable bonds is 6. The minimum atomic E-state index is 0. The molecule has 3 heterocycles. The first kappa shape index (κ1) is 23.1. The molecule has 0 amide bonds. The summed E-state index contributed by atoms with van der Waals surface area (Å²) in [6.07, 6.45) is 0.986. The molecule has 1 N–H and O–H groups in total. The van der Waals surface area contributed by atoms with Crippen molar-refractivity contribution in [3.05, 3.63) is 39.8 Å². The summed E-state index contributed by atoms with van der Waals surface area (Å²) in [5.74, 6) is 2.69. The van der Waals surface area contributed by atoms with Gasteiger partial charge in [0.05, 0.1) is 17.2 Å². The number of nitrogens with zero attached hydrogens (tertiary/aromatic N) is 4. The number of benzene rings is 1. The molecule has 1 saturated heterocycles. The highest BCUT2D eigenvalue weighted by molar-refractivity contribution is 14.0. The lowest BCUT2D eigenvalue weighted by Crippen LogP contribution is -2.52. The van der Waals surface area contributed by atoms with Gasteiger partial charge in [-0.1, -0.05) is 13.0 Å². The maximum absolute atomic E-state index is 5.50. The number of hydrogen-bond acceptors (Lipinski definition) is 6. The van der Waals surface area contributed by atoms with E-state index in [-0.39, 0.29) is 24.0 Å². The predicted molar refractivity (Wildman–Crippen MR) is 131 cm³/mol. The van der Waals surface area contributed by atoms with E-state index in [0.717, 1.165) is 68.8 Å². The fourth-order valence-corrected chi connectivity index (χ4v) is 4.32. The number of aryl methyl sites for hydroxylation is 1. The van der Waals surface area contributed by atoms with Gasteiger partial charge in [0.15, 0.2) is 17.5 Å². The molecule has 2 aliphatic rings. The second-order valence-corrected chi connectivity index (χ2v) is 8.15. The molecule has 9 heteroatoms. The van der Waals surface area contributed by atoms with E-state index in [1.165, 1.54) is 10.6 Å². The number of ether oxygens (including phenoxy) is 2. The van der Waals surface area contributed by atoms with E-state index in [0.29, 0.717) is 13.3 Å². The van der Waals surface area contributed by atoms with Gasteiger partial charge in [0, 0.05) is 44.6 Å². The number of guanidine groups is 1. The van der Waals surface area contributed by atoms with Crippen molar-refractivity contribution in [3.63, 3.8) is 0 Å². The van der Waals surface area contributed by atoms with Crippen LogP contribution in [0.15, 0.2) is 28.6 Å². The summed E-state index contributed by atoms with van der Waals surface area (Å²) in [5.41, 5.74) is 2.32. The fourth-order valence-electron chi connectivity index (χ4n) is 3.58. The lowest BCUT2D eigenvalue weighted by Gasteiger charge is -2.36. The molecule has 7 nitrogen and oxygen atoms in total. The topological polar surface area (TPSA) is 62.2 Å². The van der Waals surface area contributed by atoms with Crippen LogP contribution in [-0.4, -0.2) is 60.3 Å². The molecule has 4 rings (SSSR count). The number of fused-ring (bicyclic) bond motifs is 1. The summed E-state index contributed by atoms with van der Waals surface area (Å²) < 4.78 is 10.9. The van der Waals surface area contributed by atoms with Crippen LogP contribution >= 0.6 is 35.3 Å². The summed E-state index contributed by atoms with van der Waals surface area (Å²) >= 11 is 1.72. The second kappa shape index (κ2) is 11.1. The van der Waals surface area contributed by atoms with Crippen LogP contribution in [0.5, 0.6) is 11.5 Å². The third-order valence-electron chi connectivity index (χ3n) is 5.14. The van der Waals surface area contributed by atoms with Crippen molar-refractivity contribution in [1.82, 2.24) is 20.1 Å². The van der Waals surface area contributed by atoms with Gasteiger partial charge in [-0.05, 0) is 31.0 Å². The molecule has 1 aromatic carbocycles. The Morgan fingerprint density at radius 3 is 2.70 bits per heavy atom. The van der Waals surface area contributed by atoms with E-state index < -0.39 is 0 Å². The SMILES string of the molecule is CCNC(=NCc1csc(CC)n1)N1CCN(Cc2ccc3c(c2)OCO3)CC1.I.